The molecule has 1 fully saturated rings. The minimum Gasteiger partial charge on any atom is -0.356 e. The fraction of sp³-hybridized carbons (Fsp3) is 0.700. The number of thiophene rings is 1. The van der Waals surface area contributed by atoms with Gasteiger partial charge in [0.2, 0.25) is 5.91 Å². The first kappa shape index (κ1) is 21.7. The van der Waals surface area contributed by atoms with Gasteiger partial charge in [-0.15, -0.1) is 11.3 Å². The molecule has 1 aliphatic rings. The number of rotatable bonds is 9. The number of hydrogen-bond donors (Lipinski definition) is 2. The minimum absolute atomic E-state index is 0.0102. The number of amides is 1. The number of guanidine groups is 1. The standard InChI is InChI=1S/C20H35N5OS/c1-17(25-13-5-4-6-14-25)9-11-21-20(23-16-19(26)24(2)3)22-12-10-18-8-7-15-27-18/h7-8,15,17H,4-6,9-14,16H2,1-3H3,(H2,21,22,23). The molecule has 27 heavy (non-hydrogen) atoms. The van der Waals surface area contributed by atoms with E-state index in [2.05, 4.69) is 45.0 Å². The summed E-state index contributed by atoms with van der Waals surface area (Å²) in [5, 5.41) is 8.87. The molecule has 1 amide bonds. The van der Waals surface area contributed by atoms with Gasteiger partial charge in [-0.25, -0.2) is 4.99 Å². The summed E-state index contributed by atoms with van der Waals surface area (Å²) in [6.07, 6.45) is 6.05. The third-order valence-electron chi connectivity index (χ3n) is 4.98. The van der Waals surface area contributed by atoms with E-state index in [1.54, 1.807) is 30.3 Å². The molecular formula is C20H35N5OS. The summed E-state index contributed by atoms with van der Waals surface area (Å²) >= 11 is 1.77. The van der Waals surface area contributed by atoms with Crippen LogP contribution in [0.15, 0.2) is 22.5 Å². The van der Waals surface area contributed by atoms with Gasteiger partial charge in [0, 0.05) is 38.1 Å². The average Bonchev–Trinajstić information content (AvgIpc) is 3.19. The van der Waals surface area contributed by atoms with Gasteiger partial charge in [0.15, 0.2) is 5.96 Å². The molecule has 0 spiro atoms. The summed E-state index contributed by atoms with van der Waals surface area (Å²) in [5.74, 6) is 0.739. The Morgan fingerprint density at radius 1 is 1.26 bits per heavy atom. The Labute approximate surface area is 168 Å². The van der Waals surface area contributed by atoms with Crippen molar-refractivity contribution in [2.24, 2.45) is 4.99 Å². The summed E-state index contributed by atoms with van der Waals surface area (Å²) in [7, 11) is 3.52. The molecule has 1 aromatic rings. The first-order chi connectivity index (χ1) is 13.1. The Morgan fingerprint density at radius 2 is 2.00 bits per heavy atom. The number of aliphatic imine (C=N–C) groups is 1. The number of likely N-dealkylation sites (N-methyl/N-ethyl adjacent to an activating group) is 1. The summed E-state index contributed by atoms with van der Waals surface area (Å²) in [5.41, 5.74) is 0. The van der Waals surface area contributed by atoms with Crippen LogP contribution in [-0.4, -0.2) is 74.5 Å². The summed E-state index contributed by atoms with van der Waals surface area (Å²) < 4.78 is 0. The fourth-order valence-corrected chi connectivity index (χ4v) is 3.87. The van der Waals surface area contributed by atoms with Crippen molar-refractivity contribution < 1.29 is 4.79 Å². The van der Waals surface area contributed by atoms with E-state index in [1.165, 1.54) is 37.2 Å². The quantitative estimate of drug-likeness (QED) is 0.499. The van der Waals surface area contributed by atoms with E-state index >= 15 is 0 Å². The Bertz CT molecular complexity index is 567. The normalized spacial score (nSPS) is 16.8. The first-order valence-corrected chi connectivity index (χ1v) is 10.9. The van der Waals surface area contributed by atoms with Crippen molar-refractivity contribution in [1.82, 2.24) is 20.4 Å². The highest BCUT2D eigenvalue weighted by molar-refractivity contribution is 7.09. The van der Waals surface area contributed by atoms with Gasteiger partial charge in [-0.2, -0.15) is 0 Å². The molecule has 1 saturated heterocycles. The van der Waals surface area contributed by atoms with Crippen LogP contribution >= 0.6 is 11.3 Å². The lowest BCUT2D eigenvalue weighted by Gasteiger charge is -2.32. The molecule has 1 aliphatic heterocycles. The van der Waals surface area contributed by atoms with Gasteiger partial charge in [-0.1, -0.05) is 12.5 Å². The van der Waals surface area contributed by atoms with E-state index in [0.29, 0.717) is 6.04 Å². The fourth-order valence-electron chi connectivity index (χ4n) is 3.16. The van der Waals surface area contributed by atoms with Crippen molar-refractivity contribution in [3.8, 4) is 0 Å². The highest BCUT2D eigenvalue weighted by Crippen LogP contribution is 2.13. The van der Waals surface area contributed by atoms with Crippen LogP contribution in [0.2, 0.25) is 0 Å². The molecule has 1 aromatic heterocycles. The van der Waals surface area contributed by atoms with E-state index in [4.69, 9.17) is 0 Å². The predicted molar refractivity (Wildman–Crippen MR) is 115 cm³/mol. The Kier molecular flexibility index (Phi) is 9.62. The van der Waals surface area contributed by atoms with E-state index in [-0.39, 0.29) is 12.5 Å². The minimum atomic E-state index is 0.0102. The monoisotopic (exact) mass is 393 g/mol. The summed E-state index contributed by atoms with van der Waals surface area (Å²) in [4.78, 5) is 21.8. The average molecular weight is 394 g/mol. The zero-order valence-electron chi connectivity index (χ0n) is 17.0. The van der Waals surface area contributed by atoms with Crippen LogP contribution in [0.3, 0.4) is 0 Å². The predicted octanol–water partition coefficient (Wildman–Crippen LogP) is 2.18. The maximum absolute atomic E-state index is 11.9. The second-order valence-electron chi connectivity index (χ2n) is 7.37. The van der Waals surface area contributed by atoms with E-state index in [0.717, 1.165) is 31.9 Å². The number of nitrogens with one attached hydrogen (secondary N) is 2. The topological polar surface area (TPSA) is 60.0 Å². The van der Waals surface area contributed by atoms with Crippen molar-refractivity contribution in [3.05, 3.63) is 22.4 Å². The maximum atomic E-state index is 11.9. The molecule has 7 heteroatoms. The third kappa shape index (κ3) is 8.30. The molecular weight excluding hydrogens is 358 g/mol. The first-order valence-electron chi connectivity index (χ1n) is 10.0. The molecule has 0 aliphatic carbocycles. The maximum Gasteiger partial charge on any atom is 0.243 e. The molecule has 2 heterocycles. The zero-order chi connectivity index (χ0) is 19.5. The van der Waals surface area contributed by atoms with Crippen LogP contribution in [0.1, 0.15) is 37.5 Å². The number of likely N-dealkylation sites (tertiary alicyclic amines) is 1. The highest BCUT2D eigenvalue weighted by Gasteiger charge is 2.16. The van der Waals surface area contributed by atoms with Gasteiger partial charge < -0.3 is 20.4 Å². The number of piperidine rings is 1. The van der Waals surface area contributed by atoms with Crippen LogP contribution in [0, 0.1) is 0 Å². The third-order valence-corrected chi connectivity index (χ3v) is 5.92. The molecule has 0 saturated carbocycles. The second-order valence-corrected chi connectivity index (χ2v) is 8.40. The van der Waals surface area contributed by atoms with Crippen LogP contribution in [-0.2, 0) is 11.2 Å². The Hall–Kier alpha value is -1.60. The van der Waals surface area contributed by atoms with Crippen molar-refractivity contribution in [2.45, 2.75) is 45.1 Å². The van der Waals surface area contributed by atoms with Crippen LogP contribution < -0.4 is 10.6 Å². The van der Waals surface area contributed by atoms with Crippen molar-refractivity contribution in [2.75, 3.05) is 46.8 Å². The lowest BCUT2D eigenvalue weighted by molar-refractivity contribution is -0.127. The van der Waals surface area contributed by atoms with E-state index in [9.17, 15) is 4.79 Å². The lowest BCUT2D eigenvalue weighted by Crippen LogP contribution is -2.43. The largest absolute Gasteiger partial charge is 0.356 e. The molecule has 6 nitrogen and oxygen atoms in total. The van der Waals surface area contributed by atoms with E-state index in [1.807, 2.05) is 0 Å². The van der Waals surface area contributed by atoms with Gasteiger partial charge in [-0.05, 0) is 57.1 Å². The van der Waals surface area contributed by atoms with Crippen molar-refractivity contribution in [3.63, 3.8) is 0 Å². The molecule has 152 valence electrons. The highest BCUT2D eigenvalue weighted by atomic mass is 32.1. The number of hydrogen-bond acceptors (Lipinski definition) is 4. The number of carbonyl (C=O) groups is 1. The molecule has 1 atom stereocenters. The second kappa shape index (κ2) is 12.0. The molecule has 1 unspecified atom stereocenters. The molecule has 2 rings (SSSR count). The summed E-state index contributed by atoms with van der Waals surface area (Å²) in [6, 6.07) is 4.80. The van der Waals surface area contributed by atoms with Crippen molar-refractivity contribution >= 4 is 23.2 Å². The van der Waals surface area contributed by atoms with Gasteiger partial charge in [0.1, 0.15) is 6.54 Å². The van der Waals surface area contributed by atoms with E-state index < -0.39 is 0 Å². The van der Waals surface area contributed by atoms with Gasteiger partial charge >= 0.3 is 0 Å². The smallest absolute Gasteiger partial charge is 0.243 e. The molecule has 0 radical (unpaired) electrons. The number of nitrogens with zero attached hydrogens (tertiary/aromatic N) is 3. The SMILES string of the molecule is CC(CCNC(=NCC(=O)N(C)C)NCCc1cccs1)N1CCCCC1. The van der Waals surface area contributed by atoms with Crippen LogP contribution in [0.25, 0.3) is 0 Å². The van der Waals surface area contributed by atoms with Gasteiger partial charge in [0.05, 0.1) is 0 Å². The molecule has 0 aromatic carbocycles. The van der Waals surface area contributed by atoms with Crippen LogP contribution in [0.4, 0.5) is 0 Å². The lowest BCUT2D eigenvalue weighted by atomic mass is 10.1. The molecule has 0 bridgehead atoms. The number of carbonyl (C=O) groups excluding carboxylic acids is 1. The zero-order valence-corrected chi connectivity index (χ0v) is 17.9. The Balaban J connectivity index is 1.78. The molecule has 2 N–H and O–H groups in total. The van der Waals surface area contributed by atoms with Gasteiger partial charge in [-0.3, -0.25) is 4.79 Å². The summed E-state index contributed by atoms with van der Waals surface area (Å²) in [6.45, 7) is 6.59. The van der Waals surface area contributed by atoms with Crippen molar-refractivity contribution in [1.29, 1.82) is 0 Å². The van der Waals surface area contributed by atoms with Gasteiger partial charge in [0.25, 0.3) is 0 Å². The Morgan fingerprint density at radius 3 is 2.67 bits per heavy atom. The van der Waals surface area contributed by atoms with Crippen LogP contribution in [0.5, 0.6) is 0 Å².